The van der Waals surface area contributed by atoms with Gasteiger partial charge in [0, 0.05) is 10.6 Å². The fraction of sp³-hybridized carbons (Fsp3) is 0.167. The lowest BCUT2D eigenvalue weighted by molar-refractivity contribution is -0.137. The molecule has 0 aliphatic carbocycles. The van der Waals surface area contributed by atoms with Crippen LogP contribution >= 0.6 is 11.6 Å². The number of aromatic nitrogens is 3. The van der Waals surface area contributed by atoms with Crippen LogP contribution in [0.25, 0.3) is 0 Å². The van der Waals surface area contributed by atoms with Crippen molar-refractivity contribution in [2.75, 3.05) is 0 Å². The molecule has 1 amide bonds. The summed E-state index contributed by atoms with van der Waals surface area (Å²) in [5.41, 5.74) is 0.914. The van der Waals surface area contributed by atoms with Crippen LogP contribution in [-0.2, 0) is 17.9 Å². The van der Waals surface area contributed by atoms with Crippen molar-refractivity contribution in [1.82, 2.24) is 20.3 Å². The van der Waals surface area contributed by atoms with Gasteiger partial charge >= 0.3 is 5.97 Å². The predicted octanol–water partition coefficient (Wildman–Crippen LogP) is 0.946. The van der Waals surface area contributed by atoms with Crippen molar-refractivity contribution >= 4 is 23.5 Å². The monoisotopic (exact) mass is 294 g/mol. The number of nitrogens with one attached hydrogen (secondary N) is 1. The number of benzene rings is 1. The van der Waals surface area contributed by atoms with Crippen LogP contribution in [0.1, 0.15) is 16.1 Å². The molecule has 0 aliphatic heterocycles. The van der Waals surface area contributed by atoms with Crippen molar-refractivity contribution in [3.05, 3.63) is 46.7 Å². The molecule has 0 atom stereocenters. The van der Waals surface area contributed by atoms with E-state index >= 15 is 0 Å². The number of hydrogen-bond acceptors (Lipinski definition) is 4. The first-order chi connectivity index (χ1) is 9.54. The van der Waals surface area contributed by atoms with Crippen LogP contribution in [0.15, 0.2) is 30.5 Å². The minimum atomic E-state index is -1.01. The SMILES string of the molecule is O=C(O)Cn1cc(CNC(=O)c2cccc(Cl)c2)nn1. The third kappa shape index (κ3) is 3.79. The van der Waals surface area contributed by atoms with E-state index < -0.39 is 5.97 Å². The molecule has 2 rings (SSSR count). The summed E-state index contributed by atoms with van der Waals surface area (Å²) in [6.45, 7) is -0.111. The standard InChI is InChI=1S/C12H11ClN4O3/c13-9-3-1-2-8(4-9)12(20)14-5-10-6-17(16-15-10)7-11(18)19/h1-4,6H,5,7H2,(H,14,20)(H,18,19). The first kappa shape index (κ1) is 14.0. The van der Waals surface area contributed by atoms with Gasteiger partial charge in [-0.2, -0.15) is 0 Å². The van der Waals surface area contributed by atoms with Gasteiger partial charge in [0.1, 0.15) is 12.2 Å². The van der Waals surface area contributed by atoms with Crippen molar-refractivity contribution < 1.29 is 14.7 Å². The Morgan fingerprint density at radius 2 is 2.20 bits per heavy atom. The molecular formula is C12H11ClN4O3. The highest BCUT2D eigenvalue weighted by Crippen LogP contribution is 2.10. The van der Waals surface area contributed by atoms with E-state index in [1.54, 1.807) is 24.3 Å². The molecule has 104 valence electrons. The Balaban J connectivity index is 1.93. The second-order valence-corrected chi connectivity index (χ2v) is 4.43. The van der Waals surface area contributed by atoms with Gasteiger partial charge in [-0.05, 0) is 18.2 Å². The number of aliphatic carboxylic acids is 1. The van der Waals surface area contributed by atoms with Crippen LogP contribution in [0.3, 0.4) is 0 Å². The smallest absolute Gasteiger partial charge is 0.325 e. The van der Waals surface area contributed by atoms with E-state index in [4.69, 9.17) is 16.7 Å². The summed E-state index contributed by atoms with van der Waals surface area (Å²) < 4.78 is 1.18. The number of hydrogen-bond donors (Lipinski definition) is 2. The Morgan fingerprint density at radius 1 is 1.40 bits per heavy atom. The molecule has 1 heterocycles. The van der Waals surface area contributed by atoms with Gasteiger partial charge in [-0.15, -0.1) is 5.10 Å². The number of carboxylic acid groups (broad SMARTS) is 1. The molecule has 0 saturated carbocycles. The van der Waals surface area contributed by atoms with Gasteiger partial charge in [-0.25, -0.2) is 4.68 Å². The lowest BCUT2D eigenvalue weighted by atomic mass is 10.2. The van der Waals surface area contributed by atoms with Crippen molar-refractivity contribution in [2.24, 2.45) is 0 Å². The minimum Gasteiger partial charge on any atom is -0.480 e. The molecule has 1 aromatic carbocycles. The zero-order chi connectivity index (χ0) is 14.5. The Hall–Kier alpha value is -2.41. The summed E-state index contributed by atoms with van der Waals surface area (Å²) in [5.74, 6) is -1.30. The highest BCUT2D eigenvalue weighted by atomic mass is 35.5. The molecule has 0 radical (unpaired) electrons. The fourth-order valence-corrected chi connectivity index (χ4v) is 1.73. The number of nitrogens with zero attached hydrogens (tertiary/aromatic N) is 3. The van der Waals surface area contributed by atoms with Gasteiger partial charge < -0.3 is 10.4 Å². The second kappa shape index (κ2) is 6.16. The van der Waals surface area contributed by atoms with Crippen molar-refractivity contribution in [1.29, 1.82) is 0 Å². The number of rotatable bonds is 5. The number of carbonyl (C=O) groups is 2. The zero-order valence-corrected chi connectivity index (χ0v) is 11.0. The quantitative estimate of drug-likeness (QED) is 0.855. The van der Waals surface area contributed by atoms with Crippen molar-refractivity contribution in [2.45, 2.75) is 13.1 Å². The van der Waals surface area contributed by atoms with E-state index in [0.29, 0.717) is 16.3 Å². The topological polar surface area (TPSA) is 97.1 Å². The molecule has 0 unspecified atom stereocenters. The van der Waals surface area contributed by atoms with E-state index in [9.17, 15) is 9.59 Å². The maximum Gasteiger partial charge on any atom is 0.325 e. The molecular weight excluding hydrogens is 284 g/mol. The molecule has 0 fully saturated rings. The van der Waals surface area contributed by atoms with E-state index in [1.807, 2.05) is 0 Å². The normalized spacial score (nSPS) is 10.2. The summed E-state index contributed by atoms with van der Waals surface area (Å²) in [5, 5.41) is 19.1. The average molecular weight is 295 g/mol. The second-order valence-electron chi connectivity index (χ2n) is 3.99. The summed E-state index contributed by atoms with van der Waals surface area (Å²) in [6, 6.07) is 6.55. The third-order valence-corrected chi connectivity index (χ3v) is 2.64. The van der Waals surface area contributed by atoms with E-state index in [-0.39, 0.29) is 19.0 Å². The molecule has 20 heavy (non-hydrogen) atoms. The van der Waals surface area contributed by atoms with Crippen molar-refractivity contribution in [3.8, 4) is 0 Å². The predicted molar refractivity (Wildman–Crippen MR) is 70.3 cm³/mol. The maximum atomic E-state index is 11.8. The highest BCUT2D eigenvalue weighted by molar-refractivity contribution is 6.30. The van der Waals surface area contributed by atoms with E-state index in [2.05, 4.69) is 15.6 Å². The third-order valence-electron chi connectivity index (χ3n) is 2.40. The minimum absolute atomic E-state index is 0.158. The van der Waals surface area contributed by atoms with Gasteiger partial charge in [-0.3, -0.25) is 9.59 Å². The number of halogens is 1. The largest absolute Gasteiger partial charge is 0.480 e. The molecule has 1 aromatic heterocycles. The van der Waals surface area contributed by atoms with Crippen LogP contribution in [0.2, 0.25) is 5.02 Å². The molecule has 2 aromatic rings. The van der Waals surface area contributed by atoms with Gasteiger partial charge in [0.25, 0.3) is 5.91 Å². The summed E-state index contributed by atoms with van der Waals surface area (Å²) in [7, 11) is 0. The molecule has 2 N–H and O–H groups in total. The van der Waals surface area contributed by atoms with Gasteiger partial charge in [0.2, 0.25) is 0 Å². The van der Waals surface area contributed by atoms with Gasteiger partial charge in [0.15, 0.2) is 0 Å². The lowest BCUT2D eigenvalue weighted by Gasteiger charge is -2.03. The van der Waals surface area contributed by atoms with E-state index in [1.165, 1.54) is 10.9 Å². The first-order valence-corrected chi connectivity index (χ1v) is 6.07. The molecule has 8 heteroatoms. The first-order valence-electron chi connectivity index (χ1n) is 5.69. The fourth-order valence-electron chi connectivity index (χ4n) is 1.54. The molecule has 0 bridgehead atoms. The zero-order valence-electron chi connectivity index (χ0n) is 10.3. The Morgan fingerprint density at radius 3 is 2.90 bits per heavy atom. The summed E-state index contributed by atoms with van der Waals surface area (Å²) in [6.07, 6.45) is 1.46. The molecule has 0 saturated heterocycles. The van der Waals surface area contributed by atoms with Crippen LogP contribution in [0, 0.1) is 0 Å². The van der Waals surface area contributed by atoms with Crippen LogP contribution in [0.4, 0.5) is 0 Å². The van der Waals surface area contributed by atoms with Crippen LogP contribution in [0.5, 0.6) is 0 Å². The Kier molecular flexibility index (Phi) is 4.31. The molecule has 0 aliphatic rings. The van der Waals surface area contributed by atoms with E-state index in [0.717, 1.165) is 0 Å². The maximum absolute atomic E-state index is 11.8. The summed E-state index contributed by atoms with van der Waals surface area (Å²) >= 11 is 5.80. The number of carboxylic acids is 1. The van der Waals surface area contributed by atoms with Gasteiger partial charge in [-0.1, -0.05) is 22.9 Å². The Bertz CT molecular complexity index is 641. The highest BCUT2D eigenvalue weighted by Gasteiger charge is 2.08. The average Bonchev–Trinajstić information content (AvgIpc) is 2.82. The summed E-state index contributed by atoms with van der Waals surface area (Å²) in [4.78, 5) is 22.3. The Labute approximate surface area is 119 Å². The van der Waals surface area contributed by atoms with Crippen LogP contribution < -0.4 is 5.32 Å². The van der Waals surface area contributed by atoms with Crippen molar-refractivity contribution in [3.63, 3.8) is 0 Å². The molecule has 7 nitrogen and oxygen atoms in total. The molecule has 0 spiro atoms. The number of carbonyl (C=O) groups excluding carboxylic acids is 1. The van der Waals surface area contributed by atoms with Gasteiger partial charge in [0.05, 0.1) is 12.7 Å². The lowest BCUT2D eigenvalue weighted by Crippen LogP contribution is -2.22. The van der Waals surface area contributed by atoms with Crippen LogP contribution in [-0.4, -0.2) is 32.0 Å². The number of amides is 1.